The van der Waals surface area contributed by atoms with Crippen LogP contribution in [0.3, 0.4) is 0 Å². The van der Waals surface area contributed by atoms with E-state index in [1.807, 2.05) is 0 Å². The zero-order valence-corrected chi connectivity index (χ0v) is 7.79. The fourth-order valence-electron chi connectivity index (χ4n) is 0.409. The maximum absolute atomic E-state index is 9.03. The lowest BCUT2D eigenvalue weighted by atomic mass is 10.2. The summed E-state index contributed by atoms with van der Waals surface area (Å²) in [5.41, 5.74) is 0.862. The van der Waals surface area contributed by atoms with Gasteiger partial charge in [-0.3, -0.25) is 0 Å². The number of allylic oxidation sites excluding steroid dienone is 1. The lowest BCUT2D eigenvalue weighted by Crippen LogP contribution is -2.12. The van der Waals surface area contributed by atoms with Crippen molar-refractivity contribution in [1.82, 2.24) is 0 Å². The number of halogens is 3. The topological polar surface area (TPSA) is 20.2 Å². The van der Waals surface area contributed by atoms with Crippen molar-refractivity contribution in [3.63, 3.8) is 0 Å². The van der Waals surface area contributed by atoms with Crippen LogP contribution in [0.15, 0.2) is 11.6 Å². The minimum atomic E-state index is -0.818. The average molecular weight is 203 g/mol. The summed E-state index contributed by atoms with van der Waals surface area (Å²) in [5, 5.41) is 9.03. The molecule has 1 atom stereocenters. The first-order chi connectivity index (χ1) is 4.57. The molecule has 0 aromatic heterocycles. The smallest absolute Gasteiger partial charge is 0.137 e. The van der Waals surface area contributed by atoms with Gasteiger partial charge in [-0.15, -0.1) is 34.8 Å². The summed E-state index contributed by atoms with van der Waals surface area (Å²) in [6.45, 7) is 1.80. The van der Waals surface area contributed by atoms with Crippen molar-refractivity contribution in [3.05, 3.63) is 11.6 Å². The van der Waals surface area contributed by atoms with Gasteiger partial charge in [0.1, 0.15) is 10.9 Å². The number of rotatable bonds is 3. The minimum Gasteiger partial charge on any atom is -0.386 e. The van der Waals surface area contributed by atoms with Gasteiger partial charge in [0.2, 0.25) is 0 Å². The Morgan fingerprint density at radius 3 is 2.40 bits per heavy atom. The summed E-state index contributed by atoms with van der Waals surface area (Å²) in [6, 6.07) is 0. The van der Waals surface area contributed by atoms with Crippen LogP contribution in [0.4, 0.5) is 0 Å². The van der Waals surface area contributed by atoms with Gasteiger partial charge in [0.15, 0.2) is 0 Å². The molecule has 4 heteroatoms. The van der Waals surface area contributed by atoms with Crippen LogP contribution in [-0.4, -0.2) is 21.9 Å². The van der Waals surface area contributed by atoms with Gasteiger partial charge >= 0.3 is 0 Å². The van der Waals surface area contributed by atoms with Crippen LogP contribution < -0.4 is 0 Å². The Morgan fingerprint density at radius 1 is 1.60 bits per heavy atom. The number of aliphatic hydroxyl groups is 1. The zero-order valence-electron chi connectivity index (χ0n) is 5.52. The minimum absolute atomic E-state index is 0.386. The largest absolute Gasteiger partial charge is 0.386 e. The number of alkyl halides is 3. The highest BCUT2D eigenvalue weighted by Gasteiger charge is 2.09. The van der Waals surface area contributed by atoms with Crippen LogP contribution in [0.25, 0.3) is 0 Å². The lowest BCUT2D eigenvalue weighted by Gasteiger charge is -2.05. The van der Waals surface area contributed by atoms with Gasteiger partial charge in [-0.2, -0.15) is 0 Å². The summed E-state index contributed by atoms with van der Waals surface area (Å²) < 4.78 is 0. The Kier molecular flexibility index (Phi) is 5.55. The van der Waals surface area contributed by atoms with Crippen LogP contribution in [0.5, 0.6) is 0 Å². The maximum Gasteiger partial charge on any atom is 0.137 e. The average Bonchev–Trinajstić information content (AvgIpc) is 1.87. The van der Waals surface area contributed by atoms with Crippen molar-refractivity contribution in [1.29, 1.82) is 0 Å². The van der Waals surface area contributed by atoms with Crippen molar-refractivity contribution >= 4 is 34.8 Å². The van der Waals surface area contributed by atoms with E-state index in [1.165, 1.54) is 6.08 Å². The summed E-state index contributed by atoms with van der Waals surface area (Å²) in [4.78, 5) is -0.779. The molecule has 0 aliphatic rings. The molecular weight excluding hydrogens is 194 g/mol. The quantitative estimate of drug-likeness (QED) is 0.551. The Morgan fingerprint density at radius 2 is 2.10 bits per heavy atom. The predicted octanol–water partition coefficient (Wildman–Crippen LogP) is 2.34. The molecule has 0 radical (unpaired) electrons. The second-order valence-corrected chi connectivity index (χ2v) is 3.40. The van der Waals surface area contributed by atoms with E-state index >= 15 is 0 Å². The molecule has 0 spiro atoms. The van der Waals surface area contributed by atoms with E-state index in [4.69, 9.17) is 39.9 Å². The van der Waals surface area contributed by atoms with Crippen molar-refractivity contribution < 1.29 is 5.11 Å². The highest BCUT2D eigenvalue weighted by Crippen LogP contribution is 2.10. The van der Waals surface area contributed by atoms with E-state index in [2.05, 4.69) is 0 Å². The summed E-state index contributed by atoms with van der Waals surface area (Å²) in [5.74, 6) is 0.386. The Hall–Kier alpha value is 0.570. The molecule has 0 rings (SSSR count). The third-order valence-corrected chi connectivity index (χ3v) is 1.86. The first kappa shape index (κ1) is 10.6. The number of hydrogen-bond donors (Lipinski definition) is 1. The second-order valence-electron chi connectivity index (χ2n) is 1.97. The highest BCUT2D eigenvalue weighted by molar-refractivity contribution is 6.44. The molecule has 0 fully saturated rings. The molecule has 0 aliphatic heterocycles. The summed E-state index contributed by atoms with van der Waals surface area (Å²) in [6.07, 6.45) is 0.722. The molecule has 1 nitrogen and oxygen atoms in total. The van der Waals surface area contributed by atoms with Crippen molar-refractivity contribution in [2.24, 2.45) is 0 Å². The van der Waals surface area contributed by atoms with Crippen LogP contribution in [-0.2, 0) is 0 Å². The van der Waals surface area contributed by atoms with E-state index in [9.17, 15) is 0 Å². The molecule has 0 aromatic rings. The normalized spacial score (nSPS) is 16.0. The molecule has 1 unspecified atom stereocenters. The fraction of sp³-hybridized carbons (Fsp3) is 0.667. The molecule has 0 bridgehead atoms. The third-order valence-electron chi connectivity index (χ3n) is 0.924. The van der Waals surface area contributed by atoms with Crippen LogP contribution in [0.1, 0.15) is 6.92 Å². The molecule has 10 heavy (non-hydrogen) atoms. The Labute approximate surface area is 75.6 Å². The van der Waals surface area contributed by atoms with Crippen molar-refractivity contribution in [3.8, 4) is 0 Å². The molecule has 0 amide bonds. The molecule has 0 saturated carbocycles. The molecule has 60 valence electrons. The lowest BCUT2D eigenvalue weighted by molar-refractivity contribution is 0.237. The van der Waals surface area contributed by atoms with Crippen LogP contribution in [0.2, 0.25) is 0 Å². The summed E-state index contributed by atoms with van der Waals surface area (Å²) in [7, 11) is 0. The zero-order chi connectivity index (χ0) is 8.15. The van der Waals surface area contributed by atoms with Gasteiger partial charge < -0.3 is 5.11 Å². The van der Waals surface area contributed by atoms with Crippen molar-refractivity contribution in [2.75, 3.05) is 5.88 Å². The van der Waals surface area contributed by atoms with E-state index in [0.29, 0.717) is 5.88 Å². The van der Waals surface area contributed by atoms with Gasteiger partial charge in [0.25, 0.3) is 0 Å². The van der Waals surface area contributed by atoms with Crippen LogP contribution >= 0.6 is 34.8 Å². The van der Waals surface area contributed by atoms with Gasteiger partial charge in [0.05, 0.1) is 0 Å². The number of aliphatic hydroxyl groups excluding tert-OH is 1. The number of hydrogen-bond acceptors (Lipinski definition) is 1. The molecule has 0 heterocycles. The second kappa shape index (κ2) is 5.25. The Bertz CT molecular complexity index is 122. The SMILES string of the molecule is CC(=CC(O)C(Cl)Cl)CCl. The molecule has 0 aromatic carbocycles. The molecular formula is C6H9Cl3O. The predicted molar refractivity (Wildman–Crippen MR) is 46.0 cm³/mol. The van der Waals surface area contributed by atoms with Gasteiger partial charge in [-0.05, 0) is 6.92 Å². The van der Waals surface area contributed by atoms with Gasteiger partial charge in [0, 0.05) is 5.88 Å². The van der Waals surface area contributed by atoms with Gasteiger partial charge in [-0.25, -0.2) is 0 Å². The maximum atomic E-state index is 9.03. The first-order valence-corrected chi connectivity index (χ1v) is 4.18. The monoisotopic (exact) mass is 202 g/mol. The molecule has 0 saturated heterocycles. The first-order valence-electron chi connectivity index (χ1n) is 2.77. The molecule has 0 aliphatic carbocycles. The summed E-state index contributed by atoms with van der Waals surface area (Å²) >= 11 is 16.1. The van der Waals surface area contributed by atoms with Gasteiger partial charge in [-0.1, -0.05) is 11.6 Å². The van der Waals surface area contributed by atoms with E-state index in [-0.39, 0.29) is 0 Å². The third kappa shape index (κ3) is 4.40. The van der Waals surface area contributed by atoms with E-state index in [0.717, 1.165) is 5.57 Å². The van der Waals surface area contributed by atoms with E-state index in [1.54, 1.807) is 6.92 Å². The van der Waals surface area contributed by atoms with Crippen molar-refractivity contribution in [2.45, 2.75) is 17.9 Å². The standard InChI is InChI=1S/C6H9Cl3O/c1-4(3-7)2-5(10)6(8)9/h2,5-6,10H,3H2,1H3. The Balaban J connectivity index is 3.86. The highest BCUT2D eigenvalue weighted by atomic mass is 35.5. The fourth-order valence-corrected chi connectivity index (χ4v) is 0.643. The molecule has 1 N–H and O–H groups in total. The van der Waals surface area contributed by atoms with Crippen LogP contribution in [0, 0.1) is 0 Å². The van der Waals surface area contributed by atoms with E-state index < -0.39 is 10.9 Å².